The van der Waals surface area contributed by atoms with Gasteiger partial charge in [0.05, 0.1) is 10.6 Å². The van der Waals surface area contributed by atoms with E-state index in [0.29, 0.717) is 5.02 Å². The summed E-state index contributed by atoms with van der Waals surface area (Å²) in [6.07, 6.45) is -0.989. The number of aryl methyl sites for hydroxylation is 1. The molecule has 0 saturated heterocycles. The minimum atomic E-state index is -0.989. The Morgan fingerprint density at radius 2 is 1.77 bits per heavy atom. The molecule has 6 heteroatoms. The Hall–Kier alpha value is -2.04. The number of carbonyl (C=O) groups is 2. The van der Waals surface area contributed by atoms with E-state index in [4.69, 9.17) is 27.9 Å². The van der Waals surface area contributed by atoms with E-state index in [1.807, 2.05) is 25.1 Å². The molecule has 1 amide bonds. The van der Waals surface area contributed by atoms with Gasteiger partial charge in [0.15, 0.2) is 6.10 Å². The standard InChI is InChI=1S/C20H21Cl2NO3/c1-11(2)15-7-5-6-12(3)18(15)23-19(24)13(4)26-20(25)16-10-14(21)8-9-17(16)22/h5-11,13H,1-4H3,(H,23,24). The van der Waals surface area contributed by atoms with E-state index in [1.165, 1.54) is 19.1 Å². The van der Waals surface area contributed by atoms with Crippen LogP contribution in [0.15, 0.2) is 36.4 Å². The zero-order valence-electron chi connectivity index (χ0n) is 15.1. The predicted molar refractivity (Wildman–Crippen MR) is 105 cm³/mol. The Kier molecular flexibility index (Phi) is 6.68. The first-order chi connectivity index (χ1) is 12.2. The van der Waals surface area contributed by atoms with Gasteiger partial charge in [-0.3, -0.25) is 4.79 Å². The van der Waals surface area contributed by atoms with E-state index in [9.17, 15) is 9.59 Å². The Balaban J connectivity index is 2.14. The molecule has 0 aromatic heterocycles. The van der Waals surface area contributed by atoms with Crippen molar-refractivity contribution in [1.29, 1.82) is 0 Å². The number of para-hydroxylation sites is 1. The largest absolute Gasteiger partial charge is 0.449 e. The summed E-state index contributed by atoms with van der Waals surface area (Å²) in [5.41, 5.74) is 2.84. The van der Waals surface area contributed by atoms with Gasteiger partial charge < -0.3 is 10.1 Å². The van der Waals surface area contributed by atoms with Gasteiger partial charge in [0.2, 0.25) is 0 Å². The molecule has 4 nitrogen and oxygen atoms in total. The molecule has 0 spiro atoms. The highest BCUT2D eigenvalue weighted by Crippen LogP contribution is 2.28. The van der Waals surface area contributed by atoms with Crippen molar-refractivity contribution in [2.75, 3.05) is 5.32 Å². The van der Waals surface area contributed by atoms with E-state index < -0.39 is 18.0 Å². The van der Waals surface area contributed by atoms with Crippen molar-refractivity contribution in [1.82, 2.24) is 0 Å². The van der Waals surface area contributed by atoms with Crippen LogP contribution in [0, 0.1) is 6.92 Å². The van der Waals surface area contributed by atoms with Crippen LogP contribution in [0.3, 0.4) is 0 Å². The zero-order chi connectivity index (χ0) is 19.4. The average Bonchev–Trinajstić information content (AvgIpc) is 2.58. The summed E-state index contributed by atoms with van der Waals surface area (Å²) < 4.78 is 5.25. The first-order valence-corrected chi connectivity index (χ1v) is 9.02. The van der Waals surface area contributed by atoms with Crippen molar-refractivity contribution in [3.63, 3.8) is 0 Å². The molecule has 0 fully saturated rings. The number of nitrogens with one attached hydrogen (secondary N) is 1. The molecule has 2 rings (SSSR count). The lowest BCUT2D eigenvalue weighted by Gasteiger charge is -2.19. The number of esters is 1. The lowest BCUT2D eigenvalue weighted by atomic mass is 9.98. The first kappa shape index (κ1) is 20.3. The van der Waals surface area contributed by atoms with Crippen molar-refractivity contribution in [2.45, 2.75) is 39.7 Å². The summed E-state index contributed by atoms with van der Waals surface area (Å²) >= 11 is 11.9. The summed E-state index contributed by atoms with van der Waals surface area (Å²) in [5, 5.41) is 3.44. The first-order valence-electron chi connectivity index (χ1n) is 8.27. The maximum absolute atomic E-state index is 12.5. The van der Waals surface area contributed by atoms with Crippen LogP contribution in [0.1, 0.15) is 48.2 Å². The fraction of sp³-hybridized carbons (Fsp3) is 0.300. The number of benzene rings is 2. The van der Waals surface area contributed by atoms with Gasteiger partial charge in [0.1, 0.15) is 0 Å². The predicted octanol–water partition coefficient (Wildman–Crippen LogP) is 5.61. The number of rotatable bonds is 5. The van der Waals surface area contributed by atoms with Crippen LogP contribution in [-0.2, 0) is 9.53 Å². The van der Waals surface area contributed by atoms with E-state index in [0.717, 1.165) is 16.8 Å². The number of anilines is 1. The van der Waals surface area contributed by atoms with Gasteiger partial charge in [-0.05, 0) is 49.1 Å². The molecule has 0 saturated carbocycles. The quantitative estimate of drug-likeness (QED) is 0.671. The molecule has 26 heavy (non-hydrogen) atoms. The Bertz CT molecular complexity index is 834. The number of ether oxygens (including phenoxy) is 1. The second-order valence-electron chi connectivity index (χ2n) is 6.35. The minimum Gasteiger partial charge on any atom is -0.449 e. The number of hydrogen-bond donors (Lipinski definition) is 1. The molecular weight excluding hydrogens is 373 g/mol. The molecule has 0 aliphatic rings. The van der Waals surface area contributed by atoms with E-state index >= 15 is 0 Å². The highest BCUT2D eigenvalue weighted by Gasteiger charge is 2.22. The lowest BCUT2D eigenvalue weighted by molar-refractivity contribution is -0.123. The molecule has 0 bridgehead atoms. The maximum atomic E-state index is 12.5. The van der Waals surface area contributed by atoms with Crippen LogP contribution in [0.4, 0.5) is 5.69 Å². The monoisotopic (exact) mass is 393 g/mol. The molecule has 138 valence electrons. The molecule has 1 N–H and O–H groups in total. The highest BCUT2D eigenvalue weighted by molar-refractivity contribution is 6.35. The zero-order valence-corrected chi connectivity index (χ0v) is 16.6. The van der Waals surface area contributed by atoms with Crippen LogP contribution in [0.25, 0.3) is 0 Å². The van der Waals surface area contributed by atoms with E-state index in [1.54, 1.807) is 6.07 Å². The molecule has 0 aliphatic carbocycles. The third-order valence-electron chi connectivity index (χ3n) is 3.98. The van der Waals surface area contributed by atoms with Crippen LogP contribution < -0.4 is 5.32 Å². The molecule has 2 aromatic rings. The molecule has 1 atom stereocenters. The number of carbonyl (C=O) groups excluding carboxylic acids is 2. The maximum Gasteiger partial charge on any atom is 0.340 e. The number of halogens is 2. The molecular formula is C20H21Cl2NO3. The lowest BCUT2D eigenvalue weighted by Crippen LogP contribution is -2.30. The number of amides is 1. The van der Waals surface area contributed by atoms with Crippen molar-refractivity contribution < 1.29 is 14.3 Å². The normalized spacial score (nSPS) is 12.0. The van der Waals surface area contributed by atoms with Gasteiger partial charge >= 0.3 is 5.97 Å². The van der Waals surface area contributed by atoms with Crippen molar-refractivity contribution in [2.24, 2.45) is 0 Å². The van der Waals surface area contributed by atoms with Crippen molar-refractivity contribution >= 4 is 40.8 Å². The molecule has 1 unspecified atom stereocenters. The fourth-order valence-corrected chi connectivity index (χ4v) is 2.87. The Morgan fingerprint density at radius 3 is 2.42 bits per heavy atom. The smallest absolute Gasteiger partial charge is 0.340 e. The van der Waals surface area contributed by atoms with Crippen molar-refractivity contribution in [3.8, 4) is 0 Å². The van der Waals surface area contributed by atoms with E-state index in [-0.39, 0.29) is 16.5 Å². The van der Waals surface area contributed by atoms with Gasteiger partial charge in [0.25, 0.3) is 5.91 Å². The van der Waals surface area contributed by atoms with Gasteiger partial charge in [-0.2, -0.15) is 0 Å². The fourth-order valence-electron chi connectivity index (χ4n) is 2.50. The van der Waals surface area contributed by atoms with Crippen LogP contribution in [-0.4, -0.2) is 18.0 Å². The molecule has 0 aliphatic heterocycles. The Morgan fingerprint density at radius 1 is 1.08 bits per heavy atom. The number of hydrogen-bond acceptors (Lipinski definition) is 3. The summed E-state index contributed by atoms with van der Waals surface area (Å²) in [7, 11) is 0. The van der Waals surface area contributed by atoms with E-state index in [2.05, 4.69) is 19.2 Å². The second-order valence-corrected chi connectivity index (χ2v) is 7.20. The Labute approximate surface area is 163 Å². The molecule has 0 heterocycles. The summed E-state index contributed by atoms with van der Waals surface area (Å²) in [4.78, 5) is 24.8. The van der Waals surface area contributed by atoms with Gasteiger partial charge in [-0.1, -0.05) is 55.2 Å². The molecule has 0 radical (unpaired) electrons. The molecule has 2 aromatic carbocycles. The summed E-state index contributed by atoms with van der Waals surface area (Å²) in [6.45, 7) is 7.53. The average molecular weight is 394 g/mol. The van der Waals surface area contributed by atoms with Gasteiger partial charge in [-0.25, -0.2) is 4.79 Å². The van der Waals surface area contributed by atoms with Gasteiger partial charge in [0, 0.05) is 10.7 Å². The summed E-state index contributed by atoms with van der Waals surface area (Å²) in [5.74, 6) is -0.866. The van der Waals surface area contributed by atoms with Crippen LogP contribution >= 0.6 is 23.2 Å². The topological polar surface area (TPSA) is 55.4 Å². The third kappa shape index (κ3) is 4.77. The van der Waals surface area contributed by atoms with Crippen LogP contribution in [0.2, 0.25) is 10.0 Å². The SMILES string of the molecule is Cc1cccc(C(C)C)c1NC(=O)C(C)OC(=O)c1cc(Cl)ccc1Cl. The van der Waals surface area contributed by atoms with Crippen LogP contribution in [0.5, 0.6) is 0 Å². The van der Waals surface area contributed by atoms with Crippen molar-refractivity contribution in [3.05, 3.63) is 63.1 Å². The highest BCUT2D eigenvalue weighted by atomic mass is 35.5. The third-order valence-corrected chi connectivity index (χ3v) is 4.54. The minimum absolute atomic E-state index is 0.123. The second kappa shape index (κ2) is 8.56. The summed E-state index contributed by atoms with van der Waals surface area (Å²) in [6, 6.07) is 10.3. The van der Waals surface area contributed by atoms with Gasteiger partial charge in [-0.15, -0.1) is 0 Å².